The summed E-state index contributed by atoms with van der Waals surface area (Å²) in [6, 6.07) is 1.70. The van der Waals surface area contributed by atoms with E-state index in [1.54, 1.807) is 6.92 Å². The van der Waals surface area contributed by atoms with Gasteiger partial charge < -0.3 is 9.84 Å². The fourth-order valence-electron chi connectivity index (χ4n) is 2.35. The highest BCUT2D eigenvalue weighted by atomic mass is 32.1. The third-order valence-electron chi connectivity index (χ3n) is 3.62. The Morgan fingerprint density at radius 2 is 2.14 bits per heavy atom. The first-order valence-electron chi connectivity index (χ1n) is 6.56. The molecule has 2 aromatic rings. The van der Waals surface area contributed by atoms with Crippen molar-refractivity contribution in [3.05, 3.63) is 38.4 Å². The first-order chi connectivity index (χ1) is 10.1. The zero-order valence-corrected chi connectivity index (χ0v) is 11.9. The van der Waals surface area contributed by atoms with Crippen molar-refractivity contribution in [2.75, 3.05) is 0 Å². The molecule has 2 aliphatic rings. The smallest absolute Gasteiger partial charge is 0.261 e. The molecule has 0 saturated heterocycles. The summed E-state index contributed by atoms with van der Waals surface area (Å²) in [6.45, 7) is 1.62. The lowest BCUT2D eigenvalue weighted by atomic mass is 9.93. The largest absolute Gasteiger partial charge is 0.352 e. The van der Waals surface area contributed by atoms with E-state index in [2.05, 4.69) is 10.5 Å². The predicted molar refractivity (Wildman–Crippen MR) is 72.9 cm³/mol. The van der Waals surface area contributed by atoms with E-state index >= 15 is 0 Å². The van der Waals surface area contributed by atoms with E-state index in [0.717, 1.165) is 24.2 Å². The van der Waals surface area contributed by atoms with Gasteiger partial charge in [-0.2, -0.15) is 0 Å². The molecule has 0 unspecified atom stereocenters. The third-order valence-corrected chi connectivity index (χ3v) is 4.75. The second kappa shape index (κ2) is 4.11. The number of fused-ring (bicyclic) bond motifs is 2. The van der Waals surface area contributed by atoms with E-state index in [1.165, 1.54) is 6.07 Å². The highest BCUT2D eigenvalue weighted by Gasteiger charge is 2.38. The summed E-state index contributed by atoms with van der Waals surface area (Å²) in [7, 11) is 0. The van der Waals surface area contributed by atoms with Gasteiger partial charge in [0.05, 0.1) is 21.0 Å². The van der Waals surface area contributed by atoms with Crippen LogP contribution < -0.4 is 5.32 Å². The lowest BCUT2D eigenvalue weighted by molar-refractivity contribution is 0.0953. The van der Waals surface area contributed by atoms with Crippen molar-refractivity contribution in [3.8, 4) is 0 Å². The van der Waals surface area contributed by atoms with Crippen molar-refractivity contribution < 1.29 is 18.9 Å². The van der Waals surface area contributed by atoms with E-state index in [4.69, 9.17) is 4.52 Å². The van der Waals surface area contributed by atoms with Crippen LogP contribution in [0.2, 0.25) is 0 Å². The van der Waals surface area contributed by atoms with Crippen molar-refractivity contribution in [1.29, 1.82) is 0 Å². The topological polar surface area (TPSA) is 89.3 Å². The average Bonchev–Trinajstić information content (AvgIpc) is 3.01. The van der Waals surface area contributed by atoms with Gasteiger partial charge in [-0.25, -0.2) is 0 Å². The summed E-state index contributed by atoms with van der Waals surface area (Å²) in [5.41, 5.74) is 0.837. The Bertz CT molecular complexity index is 813. The number of aryl methyl sites for hydroxylation is 1. The van der Waals surface area contributed by atoms with Crippen LogP contribution in [0.1, 0.15) is 59.6 Å². The van der Waals surface area contributed by atoms with E-state index in [0.29, 0.717) is 15.4 Å². The quantitative estimate of drug-likeness (QED) is 0.778. The summed E-state index contributed by atoms with van der Waals surface area (Å²) >= 11 is 1.05. The number of rotatable bonds is 2. The minimum Gasteiger partial charge on any atom is -0.352 e. The monoisotopic (exact) mass is 302 g/mol. The minimum atomic E-state index is -0.387. The van der Waals surface area contributed by atoms with Gasteiger partial charge in [-0.1, -0.05) is 5.16 Å². The Kier molecular flexibility index (Phi) is 2.44. The second-order valence-electron chi connectivity index (χ2n) is 5.23. The Labute approximate surface area is 123 Å². The van der Waals surface area contributed by atoms with E-state index in [-0.39, 0.29) is 40.4 Å². The van der Waals surface area contributed by atoms with Gasteiger partial charge in [-0.05, 0) is 25.8 Å². The van der Waals surface area contributed by atoms with E-state index in [1.807, 2.05) is 0 Å². The highest BCUT2D eigenvalue weighted by Crippen LogP contribution is 2.34. The summed E-state index contributed by atoms with van der Waals surface area (Å²) < 4.78 is 4.95. The highest BCUT2D eigenvalue weighted by molar-refractivity contribution is 7.16. The SMILES string of the molecule is Cc1noc2c1C(=O)c1sc(C(=O)NC3CC3)cc1C2=O. The standard InChI is InChI=1S/C14H10N2O4S/c1-5-9-11(18)13-7(10(17)12(9)20-16-5)4-8(21-13)14(19)15-6-2-3-6/h4,6H,2-3H2,1H3,(H,15,19). The first-order valence-corrected chi connectivity index (χ1v) is 7.38. The first kappa shape index (κ1) is 12.5. The molecule has 7 heteroatoms. The number of amides is 1. The Morgan fingerprint density at radius 1 is 1.38 bits per heavy atom. The normalized spacial score (nSPS) is 16.6. The zero-order chi connectivity index (χ0) is 14.7. The average molecular weight is 302 g/mol. The van der Waals surface area contributed by atoms with Gasteiger partial charge in [0, 0.05) is 11.6 Å². The van der Waals surface area contributed by atoms with Crippen LogP contribution in [-0.2, 0) is 0 Å². The van der Waals surface area contributed by atoms with E-state index in [9.17, 15) is 14.4 Å². The Morgan fingerprint density at radius 3 is 2.86 bits per heavy atom. The maximum atomic E-state index is 12.4. The number of aromatic nitrogens is 1. The molecule has 4 rings (SSSR count). The number of nitrogens with one attached hydrogen (secondary N) is 1. The molecule has 2 heterocycles. The van der Waals surface area contributed by atoms with Crippen LogP contribution >= 0.6 is 11.3 Å². The molecule has 1 saturated carbocycles. The number of thiophene rings is 1. The van der Waals surface area contributed by atoms with Crippen molar-refractivity contribution in [2.24, 2.45) is 0 Å². The van der Waals surface area contributed by atoms with Crippen molar-refractivity contribution in [2.45, 2.75) is 25.8 Å². The second-order valence-corrected chi connectivity index (χ2v) is 6.28. The van der Waals surface area contributed by atoms with Crippen LogP contribution in [0.25, 0.3) is 0 Å². The molecule has 0 aromatic carbocycles. The number of ketones is 2. The fourth-order valence-corrected chi connectivity index (χ4v) is 3.36. The lowest BCUT2D eigenvalue weighted by Crippen LogP contribution is -2.24. The van der Waals surface area contributed by atoms with E-state index < -0.39 is 0 Å². The molecule has 1 amide bonds. The molecule has 2 aromatic heterocycles. The minimum absolute atomic E-state index is 0.0306. The maximum Gasteiger partial charge on any atom is 0.261 e. The van der Waals surface area contributed by atoms with Gasteiger partial charge in [0.15, 0.2) is 0 Å². The fraction of sp³-hybridized carbons (Fsp3) is 0.286. The van der Waals surface area contributed by atoms with Crippen molar-refractivity contribution in [3.63, 3.8) is 0 Å². The molecule has 0 aliphatic heterocycles. The number of carbonyl (C=O) groups is 3. The van der Waals surface area contributed by atoms with Gasteiger partial charge >= 0.3 is 0 Å². The Balaban J connectivity index is 1.78. The number of hydrogen-bond donors (Lipinski definition) is 1. The molecule has 6 nitrogen and oxygen atoms in total. The van der Waals surface area contributed by atoms with Crippen LogP contribution in [0.4, 0.5) is 0 Å². The molecule has 2 aliphatic carbocycles. The molecule has 21 heavy (non-hydrogen) atoms. The van der Waals surface area contributed by atoms with Crippen molar-refractivity contribution in [1.82, 2.24) is 10.5 Å². The zero-order valence-electron chi connectivity index (χ0n) is 11.1. The predicted octanol–water partition coefficient (Wildman–Crippen LogP) is 1.71. The van der Waals surface area contributed by atoms with Crippen LogP contribution in [0.3, 0.4) is 0 Å². The summed E-state index contributed by atoms with van der Waals surface area (Å²) in [5, 5.41) is 6.52. The molecule has 0 radical (unpaired) electrons. The van der Waals surface area contributed by atoms with Gasteiger partial charge in [0.1, 0.15) is 0 Å². The molecule has 1 fully saturated rings. The van der Waals surface area contributed by atoms with Gasteiger partial charge in [-0.15, -0.1) is 11.3 Å². The van der Waals surface area contributed by atoms with Crippen LogP contribution in [0.15, 0.2) is 10.6 Å². The molecule has 0 atom stereocenters. The number of hydrogen-bond acceptors (Lipinski definition) is 6. The maximum absolute atomic E-state index is 12.4. The number of nitrogens with zero attached hydrogens (tertiary/aromatic N) is 1. The van der Waals surface area contributed by atoms with Crippen LogP contribution in [0, 0.1) is 6.92 Å². The summed E-state index contributed by atoms with van der Waals surface area (Å²) in [5.74, 6) is -0.948. The molecular weight excluding hydrogens is 292 g/mol. The van der Waals surface area contributed by atoms with Gasteiger partial charge in [0.25, 0.3) is 5.91 Å². The summed E-state index contributed by atoms with van der Waals surface area (Å²) in [6.07, 6.45) is 1.96. The Hall–Kier alpha value is -2.28. The lowest BCUT2D eigenvalue weighted by Gasteiger charge is -2.07. The third kappa shape index (κ3) is 1.77. The number of carbonyl (C=O) groups excluding carboxylic acids is 3. The molecule has 1 N–H and O–H groups in total. The molecular formula is C14H10N2O4S. The van der Waals surface area contributed by atoms with Gasteiger partial charge in [-0.3, -0.25) is 14.4 Å². The van der Waals surface area contributed by atoms with Crippen molar-refractivity contribution >= 4 is 28.8 Å². The van der Waals surface area contributed by atoms with Crippen LogP contribution in [0.5, 0.6) is 0 Å². The summed E-state index contributed by atoms with van der Waals surface area (Å²) in [4.78, 5) is 37.5. The molecule has 0 bridgehead atoms. The van der Waals surface area contributed by atoms with Crippen LogP contribution in [-0.4, -0.2) is 28.7 Å². The molecule has 0 spiro atoms. The van der Waals surface area contributed by atoms with Gasteiger partial charge in [0.2, 0.25) is 17.3 Å². The molecule has 106 valence electrons.